The van der Waals surface area contributed by atoms with Crippen LogP contribution in [0.1, 0.15) is 23.0 Å². The van der Waals surface area contributed by atoms with Gasteiger partial charge in [-0.05, 0) is 47.1 Å². The van der Waals surface area contributed by atoms with Crippen molar-refractivity contribution in [3.8, 4) is 17.3 Å². The van der Waals surface area contributed by atoms with Gasteiger partial charge >= 0.3 is 29.8 Å². The number of nitrogens with one attached hydrogen (secondary N) is 3. The standard InChI is InChI=1S/C25H26F2N8O3.2C2HF3O2/c1-34-10-3-4-18(28)24(34)35-25(36)32-23(33-35)21(31-15-7-5-14(6-8-15)22(29)30)17-12-16(37-2)13-19(20(17)27)38-11-9-26;2*3-2(4,5)1(6)7/h3-8,10,12-13,21H,9,11,28H2,1-2H3,(H4-,29,30,31,32,33,36);2*(H,6,7). The first-order valence-electron chi connectivity index (χ1n) is 13.9. The minimum absolute atomic E-state index is 0.0140. The maximum absolute atomic E-state index is 15.7. The number of carbonyl (C=O) groups excluding carboxylic acids is 1. The number of carbonyl (C=O) groups is 2. The van der Waals surface area contributed by atoms with E-state index in [1.165, 1.54) is 19.2 Å². The zero-order chi connectivity index (χ0) is 39.6. The number of carboxylic acids is 2. The van der Waals surface area contributed by atoms with Crippen molar-refractivity contribution in [2.45, 2.75) is 18.4 Å². The maximum Gasteiger partial charge on any atom is 0.490 e. The molecular formula is C29H28F8N8O7. The van der Waals surface area contributed by atoms with Crippen molar-refractivity contribution in [2.75, 3.05) is 31.4 Å². The Balaban J connectivity index is 0.000000564. The van der Waals surface area contributed by atoms with Gasteiger partial charge in [-0.2, -0.15) is 26.3 Å². The lowest BCUT2D eigenvalue weighted by Crippen LogP contribution is -2.38. The number of benzene rings is 2. The number of aryl methyl sites for hydroxylation is 1. The van der Waals surface area contributed by atoms with Crippen LogP contribution in [-0.2, 0) is 16.6 Å². The fraction of sp³-hybridized carbons (Fsp3) is 0.241. The van der Waals surface area contributed by atoms with Gasteiger partial charge in [-0.1, -0.05) is 5.10 Å². The van der Waals surface area contributed by atoms with Gasteiger partial charge in [-0.25, -0.2) is 22.9 Å². The van der Waals surface area contributed by atoms with E-state index in [-0.39, 0.29) is 35.3 Å². The lowest BCUT2D eigenvalue weighted by molar-refractivity contribution is -0.665. The minimum Gasteiger partial charge on any atom is -0.542 e. The van der Waals surface area contributed by atoms with E-state index in [1.807, 2.05) is 0 Å². The number of hydrogen-bond acceptors (Lipinski definition) is 10. The van der Waals surface area contributed by atoms with Crippen molar-refractivity contribution in [3.63, 3.8) is 0 Å². The van der Waals surface area contributed by atoms with Gasteiger partial charge in [-0.3, -0.25) is 10.4 Å². The van der Waals surface area contributed by atoms with Gasteiger partial charge in [0.2, 0.25) is 0 Å². The van der Waals surface area contributed by atoms with E-state index in [9.17, 15) is 35.5 Å². The predicted molar refractivity (Wildman–Crippen MR) is 162 cm³/mol. The largest absolute Gasteiger partial charge is 0.542 e. The molecule has 52 heavy (non-hydrogen) atoms. The van der Waals surface area contributed by atoms with Gasteiger partial charge < -0.3 is 41.3 Å². The van der Waals surface area contributed by atoms with Crippen LogP contribution in [0.25, 0.3) is 5.82 Å². The Labute approximate surface area is 286 Å². The number of nitrogens with two attached hydrogens (primary N) is 2. The van der Waals surface area contributed by atoms with E-state index in [4.69, 9.17) is 46.2 Å². The SMILES string of the molecule is COc1cc(OCCF)c(F)c(C(Nc2ccc(C(=N)N)cc2)c2nn(-c3c(N)ccc[n+]3C)c(=O)[nH]2)c1.O=C(O)C(F)(F)F.O=C([O-])C(F)(F)F. The number of H-pyrrole nitrogens is 1. The van der Waals surface area contributed by atoms with Crippen LogP contribution in [-0.4, -0.2) is 70.4 Å². The summed E-state index contributed by atoms with van der Waals surface area (Å²) in [6.45, 7) is -1.17. The van der Waals surface area contributed by atoms with Gasteiger partial charge in [0.05, 0.1) is 20.4 Å². The fourth-order valence-corrected chi connectivity index (χ4v) is 3.89. The van der Waals surface area contributed by atoms with Crippen LogP contribution in [0, 0.1) is 11.2 Å². The Kier molecular flexibility index (Phi) is 14.0. The third kappa shape index (κ3) is 11.3. The minimum atomic E-state index is -5.19. The molecule has 0 amide bonds. The molecule has 2 aromatic carbocycles. The molecule has 0 spiro atoms. The van der Waals surface area contributed by atoms with E-state index in [1.54, 1.807) is 54.2 Å². The van der Waals surface area contributed by atoms with Crippen LogP contribution in [0.4, 0.5) is 46.5 Å². The van der Waals surface area contributed by atoms with Crippen LogP contribution >= 0.6 is 0 Å². The Bertz CT molecular complexity index is 1890. The van der Waals surface area contributed by atoms with Crippen LogP contribution < -0.4 is 41.6 Å². The molecule has 282 valence electrons. The molecule has 0 fully saturated rings. The Morgan fingerprint density at radius 2 is 1.71 bits per heavy atom. The first-order chi connectivity index (χ1) is 24.1. The van der Waals surface area contributed by atoms with E-state index < -0.39 is 48.5 Å². The summed E-state index contributed by atoms with van der Waals surface area (Å²) in [7, 11) is 3.10. The highest BCUT2D eigenvalue weighted by Crippen LogP contribution is 2.35. The lowest BCUT2D eigenvalue weighted by atomic mass is 10.0. The molecule has 0 aliphatic rings. The highest BCUT2D eigenvalue weighted by molar-refractivity contribution is 5.95. The molecule has 0 aliphatic carbocycles. The number of alkyl halides is 7. The van der Waals surface area contributed by atoms with Gasteiger partial charge in [0, 0.05) is 22.9 Å². The maximum atomic E-state index is 15.7. The summed E-state index contributed by atoms with van der Waals surface area (Å²) in [5, 5.41) is 31.1. The number of aliphatic carboxylic acids is 2. The highest BCUT2D eigenvalue weighted by Gasteiger charge is 2.38. The number of amidine groups is 1. The number of nitrogens with zero attached hydrogens (tertiary/aromatic N) is 3. The average molecular weight is 753 g/mol. The summed E-state index contributed by atoms with van der Waals surface area (Å²) in [5.41, 5.74) is 12.4. The first-order valence-corrected chi connectivity index (χ1v) is 13.9. The summed E-state index contributed by atoms with van der Waals surface area (Å²) < 4.78 is 105. The molecule has 0 radical (unpaired) electrons. The highest BCUT2D eigenvalue weighted by atomic mass is 19.4. The van der Waals surface area contributed by atoms with Crippen LogP contribution in [0.5, 0.6) is 11.5 Å². The van der Waals surface area contributed by atoms with Gasteiger partial charge in [0.1, 0.15) is 42.6 Å². The second-order valence-electron chi connectivity index (χ2n) is 9.85. The molecule has 8 N–H and O–H groups in total. The number of pyridine rings is 1. The van der Waals surface area contributed by atoms with Crippen molar-refractivity contribution in [3.05, 3.63) is 88.0 Å². The summed E-state index contributed by atoms with van der Waals surface area (Å²) in [4.78, 5) is 33.4. The molecule has 0 bridgehead atoms. The van der Waals surface area contributed by atoms with Crippen LogP contribution in [0.2, 0.25) is 0 Å². The zero-order valence-electron chi connectivity index (χ0n) is 26.6. The van der Waals surface area contributed by atoms with Gasteiger partial charge in [-0.15, -0.1) is 0 Å². The zero-order valence-corrected chi connectivity index (χ0v) is 26.6. The van der Waals surface area contributed by atoms with Crippen LogP contribution in [0.15, 0.2) is 59.5 Å². The Morgan fingerprint density at radius 3 is 2.17 bits per heavy atom. The van der Waals surface area contributed by atoms with Crippen molar-refractivity contribution < 1.29 is 69.0 Å². The van der Waals surface area contributed by atoms with E-state index in [0.29, 0.717) is 22.8 Å². The number of aromatic amines is 1. The van der Waals surface area contributed by atoms with Crippen molar-refractivity contribution in [1.82, 2.24) is 14.8 Å². The molecule has 0 saturated heterocycles. The molecule has 0 aliphatic heterocycles. The summed E-state index contributed by atoms with van der Waals surface area (Å²) in [6, 6.07) is 11.5. The number of methoxy groups -OCH3 is 1. The summed E-state index contributed by atoms with van der Waals surface area (Å²) in [5.74, 6) is -6.29. The van der Waals surface area contributed by atoms with E-state index in [2.05, 4.69) is 15.4 Å². The number of aromatic nitrogens is 4. The third-order valence-electron chi connectivity index (χ3n) is 6.19. The number of anilines is 2. The second kappa shape index (κ2) is 17.5. The van der Waals surface area contributed by atoms with Crippen LogP contribution in [0.3, 0.4) is 0 Å². The molecule has 2 aromatic heterocycles. The molecule has 23 heteroatoms. The average Bonchev–Trinajstić information content (AvgIpc) is 3.43. The molecule has 0 saturated carbocycles. The normalized spacial score (nSPS) is 11.6. The summed E-state index contributed by atoms with van der Waals surface area (Å²) >= 11 is 0. The third-order valence-corrected chi connectivity index (χ3v) is 6.19. The number of carboxylic acid groups (broad SMARTS) is 2. The molecule has 4 rings (SSSR count). The number of halogens is 8. The number of rotatable bonds is 10. The monoisotopic (exact) mass is 752 g/mol. The molecular weight excluding hydrogens is 724 g/mol. The Hall–Kier alpha value is -6.42. The molecule has 1 unspecified atom stereocenters. The molecule has 15 nitrogen and oxygen atoms in total. The van der Waals surface area contributed by atoms with Gasteiger partial charge in [0.25, 0.3) is 0 Å². The number of nitrogen functional groups attached to an aromatic ring is 2. The smallest absolute Gasteiger partial charge is 0.490 e. The second-order valence-corrected chi connectivity index (χ2v) is 9.85. The van der Waals surface area contributed by atoms with Crippen molar-refractivity contribution in [2.24, 2.45) is 12.8 Å². The molecule has 2 heterocycles. The quantitative estimate of drug-likeness (QED) is 0.0592. The van der Waals surface area contributed by atoms with E-state index in [0.717, 1.165) is 4.68 Å². The van der Waals surface area contributed by atoms with E-state index >= 15 is 4.39 Å². The Morgan fingerprint density at radius 1 is 1.13 bits per heavy atom. The topological polar surface area (TPSA) is 238 Å². The molecule has 4 aromatic rings. The van der Waals surface area contributed by atoms with Gasteiger partial charge in [0.15, 0.2) is 17.4 Å². The van der Waals surface area contributed by atoms with Crippen molar-refractivity contribution in [1.29, 1.82) is 5.41 Å². The number of hydrogen-bond donors (Lipinski definition) is 6. The predicted octanol–water partition coefficient (Wildman–Crippen LogP) is 1.88. The first kappa shape index (κ1) is 41.7. The number of ether oxygens (including phenoxy) is 2. The molecule has 1 atom stereocenters. The summed E-state index contributed by atoms with van der Waals surface area (Å²) in [6.07, 6.45) is -8.57. The lowest BCUT2D eigenvalue weighted by Gasteiger charge is -2.20. The van der Waals surface area contributed by atoms with Crippen molar-refractivity contribution >= 4 is 29.1 Å². The fourth-order valence-electron chi connectivity index (χ4n) is 3.89.